The lowest BCUT2D eigenvalue weighted by molar-refractivity contribution is -0.164. The van der Waals surface area contributed by atoms with Crippen LogP contribution in [-0.4, -0.2) is 76.9 Å². The van der Waals surface area contributed by atoms with E-state index in [1.807, 2.05) is 0 Å². The molecule has 2 N–H and O–H groups in total. The largest absolute Gasteiger partial charge is 0.489 e. The maximum absolute atomic E-state index is 13.3. The topological polar surface area (TPSA) is 115 Å². The van der Waals surface area contributed by atoms with E-state index in [0.717, 1.165) is 45.6 Å². The maximum Gasteiger partial charge on any atom is 0.254 e. The van der Waals surface area contributed by atoms with Gasteiger partial charge >= 0.3 is 0 Å². The van der Waals surface area contributed by atoms with E-state index in [1.165, 1.54) is 0 Å². The molecule has 2 saturated heterocycles. The average molecular weight is 609 g/mol. The Balaban J connectivity index is 1.18. The molecule has 3 atom stereocenters. The Kier molecular flexibility index (Phi) is 8.95. The first kappa shape index (κ1) is 31.5. The van der Waals surface area contributed by atoms with Crippen LogP contribution in [0.3, 0.4) is 0 Å². The van der Waals surface area contributed by atoms with E-state index in [0.29, 0.717) is 45.6 Å². The third-order valence-corrected chi connectivity index (χ3v) is 10.4. The number of halogens is 1. The van der Waals surface area contributed by atoms with Gasteiger partial charge < -0.3 is 25.0 Å². The van der Waals surface area contributed by atoms with Crippen LogP contribution in [0.2, 0.25) is 5.02 Å². The standard InChI is InChI=1S/C33H45ClN6O3/c1-20-17-40(18-21(2)26(20)19-39-11-9-24(41)10-12-39)31-36-15-23(16-37-31)28(42)38-29-32(3,4)30(33(29,5)6)43-25-8-7-22(14-35)27(34)13-25/h7-8,13,15-16,20-21,24,26,29-30,41H,9-12,17-19H2,1-6H3,(H,38,42)/t20-,21+,26?,29?,30?. The van der Waals surface area contributed by atoms with E-state index in [1.54, 1.807) is 30.6 Å². The smallest absolute Gasteiger partial charge is 0.254 e. The molecule has 3 fully saturated rings. The van der Waals surface area contributed by atoms with Gasteiger partial charge in [-0.15, -0.1) is 0 Å². The fourth-order valence-corrected chi connectivity index (χ4v) is 8.15. The molecular formula is C33H45ClN6O3. The summed E-state index contributed by atoms with van der Waals surface area (Å²) in [6, 6.07) is 7.01. The second kappa shape index (κ2) is 12.2. The molecule has 0 bridgehead atoms. The zero-order valence-electron chi connectivity index (χ0n) is 26.2. The highest BCUT2D eigenvalue weighted by atomic mass is 35.5. The van der Waals surface area contributed by atoms with Crippen molar-refractivity contribution in [3.05, 3.63) is 46.7 Å². The van der Waals surface area contributed by atoms with Crippen LogP contribution in [0.1, 0.15) is 70.3 Å². The predicted octanol–water partition coefficient (Wildman–Crippen LogP) is 4.78. The summed E-state index contributed by atoms with van der Waals surface area (Å²) in [5.74, 6) is 2.62. The van der Waals surface area contributed by atoms with Crippen LogP contribution in [0, 0.1) is 39.9 Å². The van der Waals surface area contributed by atoms with Crippen molar-refractivity contribution < 1.29 is 14.6 Å². The Morgan fingerprint density at radius 2 is 1.72 bits per heavy atom. The van der Waals surface area contributed by atoms with Crippen molar-refractivity contribution in [1.82, 2.24) is 20.2 Å². The summed E-state index contributed by atoms with van der Waals surface area (Å²) in [5, 5.41) is 22.6. The second-order valence-corrected chi connectivity index (χ2v) is 14.5. The highest BCUT2D eigenvalue weighted by Gasteiger charge is 2.64. The lowest BCUT2D eigenvalue weighted by Crippen LogP contribution is -2.74. The zero-order valence-corrected chi connectivity index (χ0v) is 26.9. The summed E-state index contributed by atoms with van der Waals surface area (Å²) in [6.07, 6.45) is 4.67. The monoisotopic (exact) mass is 608 g/mol. The van der Waals surface area contributed by atoms with E-state index in [4.69, 9.17) is 21.6 Å². The van der Waals surface area contributed by atoms with Gasteiger partial charge in [0.1, 0.15) is 17.9 Å². The number of piperidine rings is 2. The number of aliphatic hydroxyl groups excluding tert-OH is 1. The molecule has 1 amide bonds. The van der Waals surface area contributed by atoms with Crippen molar-refractivity contribution in [2.24, 2.45) is 28.6 Å². The number of carbonyl (C=O) groups is 1. The first-order valence-electron chi connectivity index (χ1n) is 15.5. The highest BCUT2D eigenvalue weighted by molar-refractivity contribution is 6.31. The summed E-state index contributed by atoms with van der Waals surface area (Å²) in [5.41, 5.74) is 0.126. The molecule has 0 spiro atoms. The zero-order chi connectivity index (χ0) is 31.1. The number of ether oxygens (including phenoxy) is 1. The molecule has 232 valence electrons. The minimum absolute atomic E-state index is 0.144. The number of amides is 1. The molecular weight excluding hydrogens is 564 g/mol. The van der Waals surface area contributed by atoms with Gasteiger partial charge in [-0.25, -0.2) is 9.97 Å². The number of benzene rings is 1. The van der Waals surface area contributed by atoms with Crippen LogP contribution in [0.15, 0.2) is 30.6 Å². The first-order valence-corrected chi connectivity index (χ1v) is 15.8. The molecule has 2 aromatic rings. The number of rotatable bonds is 7. The molecule has 1 unspecified atom stereocenters. The van der Waals surface area contributed by atoms with Gasteiger partial charge in [-0.3, -0.25) is 4.79 Å². The Bertz CT molecular complexity index is 1320. The summed E-state index contributed by atoms with van der Waals surface area (Å²) < 4.78 is 6.35. The maximum atomic E-state index is 13.3. The van der Waals surface area contributed by atoms with E-state index >= 15 is 0 Å². The number of hydrogen-bond acceptors (Lipinski definition) is 8. The van der Waals surface area contributed by atoms with Crippen molar-refractivity contribution >= 4 is 23.5 Å². The molecule has 2 aliphatic heterocycles. The molecule has 9 nitrogen and oxygen atoms in total. The van der Waals surface area contributed by atoms with Gasteiger partial charge in [-0.1, -0.05) is 53.1 Å². The van der Waals surface area contributed by atoms with Crippen molar-refractivity contribution in [2.45, 2.75) is 72.6 Å². The van der Waals surface area contributed by atoms with Gasteiger partial charge in [0.15, 0.2) is 0 Å². The number of hydrogen-bond donors (Lipinski definition) is 2. The SMILES string of the molecule is C[C@@H]1CN(c2ncc(C(=O)NC3C(C)(C)C(Oc4ccc(C#N)c(Cl)c4)C3(C)C)cn2)C[C@H](C)C1CN1CCC(O)CC1. The quantitative estimate of drug-likeness (QED) is 0.462. The Morgan fingerprint density at radius 3 is 2.28 bits per heavy atom. The Hall–Kier alpha value is -2.93. The van der Waals surface area contributed by atoms with Crippen LogP contribution >= 0.6 is 11.6 Å². The predicted molar refractivity (Wildman–Crippen MR) is 167 cm³/mol. The van der Waals surface area contributed by atoms with Gasteiger partial charge in [0.05, 0.1) is 22.3 Å². The molecule has 0 radical (unpaired) electrons. The van der Waals surface area contributed by atoms with Crippen molar-refractivity contribution in [2.75, 3.05) is 37.6 Å². The second-order valence-electron chi connectivity index (χ2n) is 14.1. The highest BCUT2D eigenvalue weighted by Crippen LogP contribution is 2.55. The normalized spacial score (nSPS) is 28.9. The molecule has 43 heavy (non-hydrogen) atoms. The lowest BCUT2D eigenvalue weighted by atomic mass is 9.49. The van der Waals surface area contributed by atoms with Crippen LogP contribution in [0.4, 0.5) is 5.95 Å². The van der Waals surface area contributed by atoms with Gasteiger partial charge in [0.2, 0.25) is 5.95 Å². The average Bonchev–Trinajstić information content (AvgIpc) is 2.97. The van der Waals surface area contributed by atoms with Crippen molar-refractivity contribution in [3.8, 4) is 11.8 Å². The lowest BCUT2D eigenvalue weighted by Gasteiger charge is -2.63. The summed E-state index contributed by atoms with van der Waals surface area (Å²) in [7, 11) is 0. The third kappa shape index (κ3) is 6.33. The number of nitrogens with one attached hydrogen (secondary N) is 1. The number of nitrogens with zero attached hydrogens (tertiary/aromatic N) is 5. The number of aliphatic hydroxyl groups is 1. The van der Waals surface area contributed by atoms with E-state index in [-0.39, 0.29) is 35.0 Å². The molecule has 1 aliphatic carbocycles. The Morgan fingerprint density at radius 1 is 1.12 bits per heavy atom. The van der Waals surface area contributed by atoms with Crippen LogP contribution < -0.4 is 15.0 Å². The third-order valence-electron chi connectivity index (χ3n) is 10.1. The van der Waals surface area contributed by atoms with Crippen LogP contribution in [-0.2, 0) is 0 Å². The van der Waals surface area contributed by atoms with E-state index in [2.05, 4.69) is 72.7 Å². The van der Waals surface area contributed by atoms with Gasteiger partial charge in [-0.2, -0.15) is 5.26 Å². The minimum atomic E-state index is -0.356. The fourth-order valence-electron chi connectivity index (χ4n) is 7.94. The summed E-state index contributed by atoms with van der Waals surface area (Å²) in [4.78, 5) is 27.3. The number of anilines is 1. The minimum Gasteiger partial charge on any atom is -0.489 e. The number of aromatic nitrogens is 2. The molecule has 10 heteroatoms. The first-order chi connectivity index (χ1) is 20.3. The molecule has 3 aliphatic rings. The number of carbonyl (C=O) groups excluding carboxylic acids is 1. The number of nitriles is 1. The van der Waals surface area contributed by atoms with Crippen LogP contribution in [0.5, 0.6) is 5.75 Å². The summed E-state index contributed by atoms with van der Waals surface area (Å²) in [6.45, 7) is 17.7. The molecule has 5 rings (SSSR count). The fraction of sp³-hybridized carbons (Fsp3) is 0.636. The summed E-state index contributed by atoms with van der Waals surface area (Å²) >= 11 is 6.22. The van der Waals surface area contributed by atoms with E-state index < -0.39 is 0 Å². The van der Waals surface area contributed by atoms with Gasteiger partial charge in [0.25, 0.3) is 5.91 Å². The van der Waals surface area contributed by atoms with Gasteiger partial charge in [-0.05, 0) is 42.7 Å². The number of likely N-dealkylation sites (tertiary alicyclic amines) is 1. The molecule has 1 aromatic carbocycles. The molecule has 1 aromatic heterocycles. The molecule has 3 heterocycles. The molecule has 1 saturated carbocycles. The Labute approximate surface area is 260 Å². The van der Waals surface area contributed by atoms with Crippen molar-refractivity contribution in [3.63, 3.8) is 0 Å². The van der Waals surface area contributed by atoms with Gasteiger partial charge in [0, 0.05) is 68.1 Å². The van der Waals surface area contributed by atoms with Crippen LogP contribution in [0.25, 0.3) is 0 Å². The van der Waals surface area contributed by atoms with E-state index in [9.17, 15) is 9.90 Å². The van der Waals surface area contributed by atoms with Crippen molar-refractivity contribution in [1.29, 1.82) is 5.26 Å².